The fraction of sp³-hybridized carbons (Fsp3) is 0.500. The standard InChI is InChI=1S/C16H21BrClN5O/c1-2-24-13-11(17)8-10(9-12(13)18)23-15(20)21-14(19)22-16(23)6-4-3-5-7-16/h8-9H,2-7H2,1H3,(H4,19,20,21,22). The molecule has 2 aliphatic rings. The second-order valence-corrected chi connectivity index (χ2v) is 7.25. The second-order valence-electron chi connectivity index (χ2n) is 5.99. The van der Waals surface area contributed by atoms with Gasteiger partial charge in [-0.05, 0) is 60.7 Å². The van der Waals surface area contributed by atoms with Crippen LogP contribution in [0.3, 0.4) is 0 Å². The van der Waals surface area contributed by atoms with Crippen molar-refractivity contribution >= 4 is 45.1 Å². The molecule has 1 heterocycles. The molecule has 130 valence electrons. The van der Waals surface area contributed by atoms with Gasteiger partial charge in [0.2, 0.25) is 11.9 Å². The molecule has 0 saturated heterocycles. The van der Waals surface area contributed by atoms with Crippen molar-refractivity contribution in [3.63, 3.8) is 0 Å². The molecule has 1 aromatic rings. The first kappa shape index (κ1) is 17.4. The molecule has 4 N–H and O–H groups in total. The summed E-state index contributed by atoms with van der Waals surface area (Å²) in [7, 11) is 0. The molecule has 24 heavy (non-hydrogen) atoms. The lowest BCUT2D eigenvalue weighted by molar-refractivity contribution is 0.305. The predicted molar refractivity (Wildman–Crippen MR) is 102 cm³/mol. The summed E-state index contributed by atoms with van der Waals surface area (Å²) >= 11 is 9.95. The van der Waals surface area contributed by atoms with Gasteiger partial charge in [0, 0.05) is 5.69 Å². The number of nitrogens with two attached hydrogens (primary N) is 2. The Kier molecular flexibility index (Phi) is 4.92. The average Bonchev–Trinajstić information content (AvgIpc) is 2.51. The van der Waals surface area contributed by atoms with Gasteiger partial charge in [-0.25, -0.2) is 4.99 Å². The Morgan fingerprint density at radius 1 is 1.29 bits per heavy atom. The molecule has 0 unspecified atom stereocenters. The highest BCUT2D eigenvalue weighted by Crippen LogP contribution is 2.43. The van der Waals surface area contributed by atoms with E-state index in [1.165, 1.54) is 6.42 Å². The first-order valence-electron chi connectivity index (χ1n) is 8.08. The van der Waals surface area contributed by atoms with Gasteiger partial charge >= 0.3 is 0 Å². The summed E-state index contributed by atoms with van der Waals surface area (Å²) in [5.74, 6) is 1.20. The molecule has 3 rings (SSSR count). The van der Waals surface area contributed by atoms with Crippen molar-refractivity contribution in [3.8, 4) is 5.75 Å². The summed E-state index contributed by atoms with van der Waals surface area (Å²) in [4.78, 5) is 10.8. The Balaban J connectivity index is 2.07. The molecule has 0 bridgehead atoms. The molecular weight excluding hydrogens is 394 g/mol. The Labute approximate surface area is 155 Å². The van der Waals surface area contributed by atoms with Crippen LogP contribution in [0.4, 0.5) is 5.69 Å². The van der Waals surface area contributed by atoms with Crippen LogP contribution in [0.2, 0.25) is 5.02 Å². The number of hydrogen-bond acceptors (Lipinski definition) is 6. The number of nitrogens with zero attached hydrogens (tertiary/aromatic N) is 3. The van der Waals surface area contributed by atoms with Gasteiger partial charge in [-0.2, -0.15) is 4.99 Å². The van der Waals surface area contributed by atoms with Gasteiger partial charge in [-0.3, -0.25) is 4.90 Å². The fourth-order valence-electron chi connectivity index (χ4n) is 3.45. The zero-order valence-corrected chi connectivity index (χ0v) is 15.9. The number of hydrogen-bond donors (Lipinski definition) is 2. The van der Waals surface area contributed by atoms with Gasteiger partial charge in [-0.1, -0.05) is 18.0 Å². The predicted octanol–water partition coefficient (Wildman–Crippen LogP) is 3.61. The molecule has 1 spiro atoms. The number of aliphatic imine (C=N–C) groups is 2. The van der Waals surface area contributed by atoms with Gasteiger partial charge in [0.15, 0.2) is 5.75 Å². The van der Waals surface area contributed by atoms with Crippen LogP contribution >= 0.6 is 27.5 Å². The van der Waals surface area contributed by atoms with Gasteiger partial charge < -0.3 is 16.2 Å². The molecule has 0 atom stereocenters. The summed E-state index contributed by atoms with van der Waals surface area (Å²) < 4.78 is 6.36. The third-order valence-electron chi connectivity index (χ3n) is 4.38. The number of ether oxygens (including phenoxy) is 1. The molecule has 0 amide bonds. The van der Waals surface area contributed by atoms with Crippen LogP contribution in [0.5, 0.6) is 5.75 Å². The molecule has 0 radical (unpaired) electrons. The Hall–Kier alpha value is -1.47. The maximum atomic E-state index is 6.41. The van der Waals surface area contributed by atoms with E-state index >= 15 is 0 Å². The van der Waals surface area contributed by atoms with Crippen molar-refractivity contribution in [2.45, 2.75) is 44.7 Å². The minimum atomic E-state index is -0.482. The monoisotopic (exact) mass is 413 g/mol. The Bertz CT molecular complexity index is 677. The summed E-state index contributed by atoms with van der Waals surface area (Å²) in [5, 5.41) is 0.516. The number of rotatable bonds is 3. The quantitative estimate of drug-likeness (QED) is 0.790. The van der Waals surface area contributed by atoms with E-state index in [9.17, 15) is 0 Å². The van der Waals surface area contributed by atoms with Crippen LogP contribution in [-0.4, -0.2) is 24.2 Å². The molecule has 1 aromatic carbocycles. The van der Waals surface area contributed by atoms with Crippen LogP contribution < -0.4 is 21.1 Å². The lowest BCUT2D eigenvalue weighted by Gasteiger charge is -2.45. The van der Waals surface area contributed by atoms with E-state index < -0.39 is 5.66 Å². The summed E-state index contributed by atoms with van der Waals surface area (Å²) in [6.45, 7) is 2.45. The van der Waals surface area contributed by atoms with Crippen molar-refractivity contribution in [1.29, 1.82) is 0 Å². The second kappa shape index (κ2) is 6.80. The van der Waals surface area contributed by atoms with Crippen LogP contribution in [-0.2, 0) is 0 Å². The van der Waals surface area contributed by atoms with E-state index in [2.05, 4.69) is 25.9 Å². The Morgan fingerprint density at radius 3 is 2.62 bits per heavy atom. The molecule has 1 aliphatic heterocycles. The highest BCUT2D eigenvalue weighted by atomic mass is 79.9. The average molecular weight is 415 g/mol. The van der Waals surface area contributed by atoms with E-state index in [0.717, 1.165) is 35.8 Å². The number of anilines is 1. The van der Waals surface area contributed by atoms with Crippen LogP contribution in [0.15, 0.2) is 26.6 Å². The maximum Gasteiger partial charge on any atom is 0.220 e. The topological polar surface area (TPSA) is 89.2 Å². The first-order valence-corrected chi connectivity index (χ1v) is 9.25. The summed E-state index contributed by atoms with van der Waals surface area (Å²) in [5.41, 5.74) is 12.5. The zero-order chi connectivity index (χ0) is 17.3. The first-order chi connectivity index (χ1) is 11.5. The number of halogens is 2. The van der Waals surface area contributed by atoms with Crippen LogP contribution in [0.25, 0.3) is 0 Å². The van der Waals surface area contributed by atoms with Crippen LogP contribution in [0, 0.1) is 0 Å². The fourth-order valence-corrected chi connectivity index (χ4v) is 4.40. The van der Waals surface area contributed by atoms with E-state index in [1.807, 2.05) is 24.0 Å². The molecular formula is C16H21BrClN5O. The molecule has 6 nitrogen and oxygen atoms in total. The maximum absolute atomic E-state index is 6.41. The minimum absolute atomic E-state index is 0.238. The van der Waals surface area contributed by atoms with Gasteiger partial charge in [0.05, 0.1) is 16.1 Å². The largest absolute Gasteiger partial charge is 0.491 e. The highest BCUT2D eigenvalue weighted by molar-refractivity contribution is 9.10. The molecule has 1 saturated carbocycles. The normalized spacial score (nSPS) is 19.9. The third-order valence-corrected chi connectivity index (χ3v) is 5.25. The molecule has 8 heteroatoms. The highest BCUT2D eigenvalue weighted by Gasteiger charge is 2.42. The zero-order valence-electron chi connectivity index (χ0n) is 13.6. The van der Waals surface area contributed by atoms with Crippen molar-refractivity contribution in [2.75, 3.05) is 11.5 Å². The van der Waals surface area contributed by atoms with E-state index in [-0.39, 0.29) is 5.96 Å². The molecule has 0 aromatic heterocycles. The lowest BCUT2D eigenvalue weighted by Crippen LogP contribution is -2.58. The lowest BCUT2D eigenvalue weighted by atomic mass is 9.87. The number of benzene rings is 1. The van der Waals surface area contributed by atoms with E-state index in [4.69, 9.17) is 27.8 Å². The van der Waals surface area contributed by atoms with Gasteiger partial charge in [-0.15, -0.1) is 0 Å². The van der Waals surface area contributed by atoms with Gasteiger partial charge in [0.1, 0.15) is 5.66 Å². The third kappa shape index (κ3) is 3.07. The van der Waals surface area contributed by atoms with Crippen molar-refractivity contribution in [2.24, 2.45) is 21.5 Å². The minimum Gasteiger partial charge on any atom is -0.491 e. The van der Waals surface area contributed by atoms with Crippen molar-refractivity contribution in [1.82, 2.24) is 0 Å². The van der Waals surface area contributed by atoms with E-state index in [0.29, 0.717) is 23.3 Å². The summed E-state index contributed by atoms with van der Waals surface area (Å²) in [6, 6.07) is 3.78. The van der Waals surface area contributed by atoms with Crippen LogP contribution in [0.1, 0.15) is 39.0 Å². The van der Waals surface area contributed by atoms with Crippen molar-refractivity contribution < 1.29 is 4.74 Å². The molecule has 1 fully saturated rings. The Morgan fingerprint density at radius 2 is 2.00 bits per heavy atom. The summed E-state index contributed by atoms with van der Waals surface area (Å²) in [6.07, 6.45) is 5.10. The number of guanidine groups is 2. The smallest absolute Gasteiger partial charge is 0.220 e. The van der Waals surface area contributed by atoms with Gasteiger partial charge in [0.25, 0.3) is 0 Å². The van der Waals surface area contributed by atoms with Crippen molar-refractivity contribution in [3.05, 3.63) is 21.6 Å². The SMILES string of the molecule is CCOc1c(Cl)cc(N2C(N)=NC(N)=NC23CCCCC3)cc1Br. The van der Waals surface area contributed by atoms with E-state index in [1.54, 1.807) is 0 Å². The molecule has 1 aliphatic carbocycles.